The Balaban J connectivity index is 2.50. The standard InChI is InChI=1S/C10H13N3O6/c11-7-2-5(9(16)17)13(10(18)12-7)8-6(15)1-4(3-14)19-8/h2,4,6,8,14-15H,1,3H2,(H,16,17)(H2,11,12,18)/t4-,6+,8+/m0/s1. The predicted molar refractivity (Wildman–Crippen MR) is 61.5 cm³/mol. The molecule has 19 heavy (non-hydrogen) atoms. The van der Waals surface area contributed by atoms with Gasteiger partial charge in [-0.3, -0.25) is 4.57 Å². The van der Waals surface area contributed by atoms with Crippen molar-refractivity contribution in [2.24, 2.45) is 0 Å². The van der Waals surface area contributed by atoms with Crippen LogP contribution in [0.5, 0.6) is 0 Å². The molecule has 0 unspecified atom stereocenters. The fourth-order valence-corrected chi connectivity index (χ4v) is 2.00. The molecule has 0 bridgehead atoms. The Kier molecular flexibility index (Phi) is 3.51. The molecule has 1 aliphatic rings. The molecule has 1 aromatic heterocycles. The number of hydrogen-bond donors (Lipinski definition) is 4. The van der Waals surface area contributed by atoms with E-state index < -0.39 is 35.8 Å². The van der Waals surface area contributed by atoms with E-state index >= 15 is 0 Å². The number of nitrogens with two attached hydrogens (primary N) is 1. The van der Waals surface area contributed by atoms with E-state index in [-0.39, 0.29) is 18.8 Å². The van der Waals surface area contributed by atoms with E-state index in [1.807, 2.05) is 0 Å². The first-order valence-corrected chi connectivity index (χ1v) is 5.50. The van der Waals surface area contributed by atoms with Gasteiger partial charge in [0.15, 0.2) is 6.23 Å². The van der Waals surface area contributed by atoms with Gasteiger partial charge in [0.25, 0.3) is 0 Å². The minimum absolute atomic E-state index is 0.0943. The summed E-state index contributed by atoms with van der Waals surface area (Å²) in [7, 11) is 0. The van der Waals surface area contributed by atoms with Gasteiger partial charge in [0.05, 0.1) is 12.7 Å². The number of hydrogen-bond acceptors (Lipinski definition) is 7. The molecule has 0 radical (unpaired) electrons. The highest BCUT2D eigenvalue weighted by Crippen LogP contribution is 2.28. The van der Waals surface area contributed by atoms with Crippen LogP contribution in [0.15, 0.2) is 10.9 Å². The highest BCUT2D eigenvalue weighted by Gasteiger charge is 2.37. The molecular formula is C10H13N3O6. The highest BCUT2D eigenvalue weighted by molar-refractivity contribution is 5.86. The van der Waals surface area contributed by atoms with Crippen LogP contribution in [0, 0.1) is 0 Å². The van der Waals surface area contributed by atoms with E-state index in [0.717, 1.165) is 10.6 Å². The molecule has 9 nitrogen and oxygen atoms in total. The maximum absolute atomic E-state index is 11.7. The molecule has 1 aliphatic heterocycles. The first-order valence-electron chi connectivity index (χ1n) is 5.50. The minimum atomic E-state index is -1.39. The molecule has 0 aromatic carbocycles. The molecule has 2 rings (SSSR count). The van der Waals surface area contributed by atoms with Crippen LogP contribution in [0.1, 0.15) is 23.1 Å². The zero-order valence-electron chi connectivity index (χ0n) is 9.76. The number of carboxylic acid groups (broad SMARTS) is 1. The fourth-order valence-electron chi connectivity index (χ4n) is 2.00. The third-order valence-corrected chi connectivity index (χ3v) is 2.82. The lowest BCUT2D eigenvalue weighted by Crippen LogP contribution is -2.36. The van der Waals surface area contributed by atoms with Crippen molar-refractivity contribution in [2.75, 3.05) is 12.3 Å². The van der Waals surface area contributed by atoms with Gasteiger partial charge in [0, 0.05) is 12.5 Å². The maximum Gasteiger partial charge on any atom is 0.352 e. The van der Waals surface area contributed by atoms with Gasteiger partial charge in [-0.1, -0.05) is 0 Å². The number of carboxylic acids is 1. The quantitative estimate of drug-likeness (QED) is 0.501. The molecule has 0 aliphatic carbocycles. The molecular weight excluding hydrogens is 258 g/mol. The second kappa shape index (κ2) is 4.96. The highest BCUT2D eigenvalue weighted by atomic mass is 16.5. The Morgan fingerprint density at radius 2 is 2.32 bits per heavy atom. The number of nitrogens with zero attached hydrogens (tertiary/aromatic N) is 2. The van der Waals surface area contributed by atoms with Gasteiger partial charge >= 0.3 is 11.7 Å². The fraction of sp³-hybridized carbons (Fsp3) is 0.500. The summed E-state index contributed by atoms with van der Waals surface area (Å²) < 4.78 is 5.96. The summed E-state index contributed by atoms with van der Waals surface area (Å²) in [4.78, 5) is 26.3. The van der Waals surface area contributed by atoms with Crippen molar-refractivity contribution >= 4 is 11.8 Å². The topological polar surface area (TPSA) is 148 Å². The van der Waals surface area contributed by atoms with Crippen LogP contribution in [-0.4, -0.2) is 49.7 Å². The molecule has 104 valence electrons. The largest absolute Gasteiger partial charge is 0.477 e. The van der Waals surface area contributed by atoms with Crippen molar-refractivity contribution in [3.8, 4) is 0 Å². The first kappa shape index (κ1) is 13.5. The maximum atomic E-state index is 11.7. The summed E-state index contributed by atoms with van der Waals surface area (Å²) in [5.41, 5.74) is 3.96. The van der Waals surface area contributed by atoms with E-state index in [1.165, 1.54) is 0 Å². The summed E-state index contributed by atoms with van der Waals surface area (Å²) >= 11 is 0. The van der Waals surface area contributed by atoms with Crippen molar-refractivity contribution in [1.29, 1.82) is 0 Å². The molecule has 1 fully saturated rings. The summed E-state index contributed by atoms with van der Waals surface area (Å²) in [6.45, 7) is -0.340. The van der Waals surface area contributed by atoms with Crippen molar-refractivity contribution in [2.45, 2.75) is 24.9 Å². The van der Waals surface area contributed by atoms with Crippen LogP contribution in [0.2, 0.25) is 0 Å². The lowest BCUT2D eigenvalue weighted by molar-refractivity contribution is -0.0543. The molecule has 3 atom stereocenters. The smallest absolute Gasteiger partial charge is 0.352 e. The van der Waals surface area contributed by atoms with Crippen molar-refractivity contribution in [1.82, 2.24) is 9.55 Å². The van der Waals surface area contributed by atoms with E-state index in [0.29, 0.717) is 0 Å². The number of carbonyl (C=O) groups is 1. The van der Waals surface area contributed by atoms with Crippen molar-refractivity contribution in [3.05, 3.63) is 22.2 Å². The van der Waals surface area contributed by atoms with Crippen molar-refractivity contribution in [3.63, 3.8) is 0 Å². The second-order valence-electron chi connectivity index (χ2n) is 4.16. The van der Waals surface area contributed by atoms with Crippen LogP contribution in [0.4, 0.5) is 5.82 Å². The van der Waals surface area contributed by atoms with Gasteiger partial charge in [-0.05, 0) is 0 Å². The molecule has 1 aromatic rings. The number of nitrogen functional groups attached to an aromatic ring is 1. The van der Waals surface area contributed by atoms with Crippen LogP contribution in [-0.2, 0) is 4.74 Å². The number of aromatic nitrogens is 2. The molecule has 0 saturated carbocycles. The molecule has 5 N–H and O–H groups in total. The average Bonchev–Trinajstić information content (AvgIpc) is 2.69. The van der Waals surface area contributed by atoms with E-state index in [1.54, 1.807) is 0 Å². The Morgan fingerprint density at radius 1 is 1.63 bits per heavy atom. The first-order chi connectivity index (χ1) is 8.93. The van der Waals surface area contributed by atoms with E-state index in [2.05, 4.69) is 4.98 Å². The lowest BCUT2D eigenvalue weighted by atomic mass is 10.2. The van der Waals surface area contributed by atoms with Gasteiger partial charge in [0.2, 0.25) is 0 Å². The molecule has 2 heterocycles. The Bertz CT molecular complexity index is 557. The third kappa shape index (κ3) is 2.43. The summed E-state index contributed by atoms with van der Waals surface area (Å²) in [5.74, 6) is -1.63. The van der Waals surface area contributed by atoms with Gasteiger partial charge < -0.3 is 25.8 Å². The number of rotatable bonds is 3. The Labute approximate surface area is 106 Å². The van der Waals surface area contributed by atoms with Crippen LogP contribution in [0.25, 0.3) is 0 Å². The third-order valence-electron chi connectivity index (χ3n) is 2.82. The van der Waals surface area contributed by atoms with Crippen LogP contribution in [0.3, 0.4) is 0 Å². The summed E-state index contributed by atoms with van der Waals surface area (Å²) in [6, 6.07) is 1.01. The normalized spacial score (nSPS) is 26.5. The zero-order chi connectivity index (χ0) is 14.2. The molecule has 9 heteroatoms. The number of aliphatic hydroxyl groups excluding tert-OH is 2. The SMILES string of the molecule is Nc1cc(C(=O)O)n([C@@H]2O[C@H](CO)C[C@H]2O)c(=O)n1. The van der Waals surface area contributed by atoms with Gasteiger partial charge in [-0.2, -0.15) is 4.98 Å². The van der Waals surface area contributed by atoms with Crippen LogP contribution >= 0.6 is 0 Å². The lowest BCUT2D eigenvalue weighted by Gasteiger charge is -2.19. The zero-order valence-corrected chi connectivity index (χ0v) is 9.76. The minimum Gasteiger partial charge on any atom is -0.477 e. The van der Waals surface area contributed by atoms with E-state index in [9.17, 15) is 14.7 Å². The summed E-state index contributed by atoms with van der Waals surface area (Å²) in [6.07, 6.45) is -2.88. The summed E-state index contributed by atoms with van der Waals surface area (Å²) in [5, 5.41) is 27.8. The Hall–Kier alpha value is -1.97. The van der Waals surface area contributed by atoms with Crippen LogP contribution < -0.4 is 11.4 Å². The monoisotopic (exact) mass is 271 g/mol. The second-order valence-corrected chi connectivity index (χ2v) is 4.16. The number of ether oxygens (including phenoxy) is 1. The number of aliphatic hydroxyl groups is 2. The van der Waals surface area contributed by atoms with Gasteiger partial charge in [-0.15, -0.1) is 0 Å². The predicted octanol–water partition coefficient (Wildman–Crippen LogP) is -1.84. The van der Waals surface area contributed by atoms with Gasteiger partial charge in [-0.25, -0.2) is 9.59 Å². The number of aromatic carboxylic acids is 1. The Morgan fingerprint density at radius 3 is 2.84 bits per heavy atom. The average molecular weight is 271 g/mol. The van der Waals surface area contributed by atoms with Gasteiger partial charge in [0.1, 0.15) is 17.6 Å². The molecule has 0 amide bonds. The molecule has 1 saturated heterocycles. The van der Waals surface area contributed by atoms with Crippen molar-refractivity contribution < 1.29 is 24.9 Å². The molecule has 0 spiro atoms. The van der Waals surface area contributed by atoms with E-state index in [4.69, 9.17) is 20.7 Å². The number of anilines is 1.